The highest BCUT2D eigenvalue weighted by Gasteiger charge is 2.18. The summed E-state index contributed by atoms with van der Waals surface area (Å²) in [6.07, 6.45) is 4.30. The number of rotatable bonds is 6. The molecule has 1 saturated heterocycles. The van der Waals surface area contributed by atoms with E-state index >= 15 is 0 Å². The fourth-order valence-electron chi connectivity index (χ4n) is 3.09. The molecule has 138 valence electrons. The summed E-state index contributed by atoms with van der Waals surface area (Å²) < 4.78 is 0. The topological polar surface area (TPSA) is 48.5 Å². The van der Waals surface area contributed by atoms with E-state index in [4.69, 9.17) is 11.6 Å². The van der Waals surface area contributed by atoms with Gasteiger partial charge in [-0.1, -0.05) is 31.0 Å². The lowest BCUT2D eigenvalue weighted by atomic mass is 10.2. The first kappa shape index (κ1) is 18.5. The highest BCUT2D eigenvalue weighted by molar-refractivity contribution is 6.30. The lowest BCUT2D eigenvalue weighted by molar-refractivity contribution is -0.116. The van der Waals surface area contributed by atoms with E-state index in [0.29, 0.717) is 12.2 Å². The van der Waals surface area contributed by atoms with Gasteiger partial charge in [-0.15, -0.1) is 0 Å². The lowest BCUT2D eigenvalue weighted by Crippen LogP contribution is -2.46. The van der Waals surface area contributed by atoms with Crippen molar-refractivity contribution in [1.29, 1.82) is 0 Å². The van der Waals surface area contributed by atoms with Gasteiger partial charge in [-0.25, -0.2) is 4.98 Å². The molecule has 0 saturated carbocycles. The molecule has 2 heterocycles. The van der Waals surface area contributed by atoms with Crippen LogP contribution in [0, 0.1) is 0 Å². The van der Waals surface area contributed by atoms with Crippen molar-refractivity contribution in [1.82, 2.24) is 4.98 Å². The van der Waals surface area contributed by atoms with Crippen molar-refractivity contribution in [2.24, 2.45) is 0 Å². The van der Waals surface area contributed by atoms with E-state index in [2.05, 4.69) is 33.1 Å². The predicted molar refractivity (Wildman–Crippen MR) is 108 cm³/mol. The van der Waals surface area contributed by atoms with E-state index in [0.717, 1.165) is 49.7 Å². The Labute approximate surface area is 160 Å². The Hall–Kier alpha value is -2.27. The summed E-state index contributed by atoms with van der Waals surface area (Å²) in [5.41, 5.74) is 2.25. The van der Waals surface area contributed by atoms with E-state index in [-0.39, 0.29) is 5.91 Å². The van der Waals surface area contributed by atoms with Gasteiger partial charge in [0.05, 0.1) is 11.9 Å². The SMILES string of the molecule is CCCCC(=O)Nc1ccc(N2CCN(c3cccc(Cl)c3)CC2)cn1. The Morgan fingerprint density at radius 1 is 1.12 bits per heavy atom. The minimum Gasteiger partial charge on any atom is -0.368 e. The molecule has 0 bridgehead atoms. The summed E-state index contributed by atoms with van der Waals surface area (Å²) in [7, 11) is 0. The van der Waals surface area contributed by atoms with Crippen molar-refractivity contribution in [2.45, 2.75) is 26.2 Å². The van der Waals surface area contributed by atoms with Gasteiger partial charge in [0.25, 0.3) is 0 Å². The molecular weight excluding hydrogens is 348 g/mol. The predicted octanol–water partition coefficient (Wildman–Crippen LogP) is 4.19. The Balaban J connectivity index is 1.54. The van der Waals surface area contributed by atoms with Gasteiger partial charge < -0.3 is 15.1 Å². The molecule has 0 atom stereocenters. The van der Waals surface area contributed by atoms with E-state index in [9.17, 15) is 4.79 Å². The molecule has 2 aromatic rings. The lowest BCUT2D eigenvalue weighted by Gasteiger charge is -2.37. The average Bonchev–Trinajstić information content (AvgIpc) is 2.67. The molecule has 0 spiro atoms. The van der Waals surface area contributed by atoms with Crippen molar-refractivity contribution >= 4 is 34.7 Å². The number of nitrogens with one attached hydrogen (secondary N) is 1. The fourth-order valence-corrected chi connectivity index (χ4v) is 3.27. The van der Waals surface area contributed by atoms with Crippen LogP contribution in [0.1, 0.15) is 26.2 Å². The molecule has 1 aliphatic rings. The summed E-state index contributed by atoms with van der Waals surface area (Å²) in [5.74, 6) is 0.648. The molecule has 1 aromatic carbocycles. The first-order chi connectivity index (χ1) is 12.7. The van der Waals surface area contributed by atoms with Gasteiger partial charge in [0.1, 0.15) is 5.82 Å². The van der Waals surface area contributed by atoms with Crippen LogP contribution in [0.3, 0.4) is 0 Å². The molecule has 26 heavy (non-hydrogen) atoms. The minimum absolute atomic E-state index is 0.0298. The monoisotopic (exact) mass is 372 g/mol. The molecule has 0 aliphatic carbocycles. The molecule has 3 rings (SSSR count). The number of anilines is 3. The summed E-state index contributed by atoms with van der Waals surface area (Å²) in [6, 6.07) is 11.9. The molecule has 5 nitrogen and oxygen atoms in total. The molecule has 1 amide bonds. The van der Waals surface area contributed by atoms with Crippen LogP contribution >= 0.6 is 11.6 Å². The van der Waals surface area contributed by atoms with Gasteiger partial charge in [-0.3, -0.25) is 4.79 Å². The highest BCUT2D eigenvalue weighted by Crippen LogP contribution is 2.23. The van der Waals surface area contributed by atoms with Gasteiger partial charge in [0.2, 0.25) is 5.91 Å². The van der Waals surface area contributed by atoms with Gasteiger partial charge in [-0.2, -0.15) is 0 Å². The molecule has 1 aliphatic heterocycles. The number of pyridine rings is 1. The zero-order valence-electron chi connectivity index (χ0n) is 15.1. The van der Waals surface area contributed by atoms with E-state index < -0.39 is 0 Å². The maximum Gasteiger partial charge on any atom is 0.225 e. The second-order valence-corrected chi connectivity index (χ2v) is 6.94. The standard InChI is InChI=1S/C20H25ClN4O/c1-2-3-7-20(26)23-19-9-8-18(15-22-19)25-12-10-24(11-13-25)17-6-4-5-16(21)14-17/h4-6,8-9,14-15H,2-3,7,10-13H2,1H3,(H,22,23,26). The highest BCUT2D eigenvalue weighted by atomic mass is 35.5. The Morgan fingerprint density at radius 2 is 1.85 bits per heavy atom. The van der Waals surface area contributed by atoms with Crippen LogP contribution in [-0.2, 0) is 4.79 Å². The number of benzene rings is 1. The first-order valence-electron chi connectivity index (χ1n) is 9.17. The van der Waals surface area contributed by atoms with Crippen molar-refractivity contribution in [3.8, 4) is 0 Å². The minimum atomic E-state index is 0.0298. The van der Waals surface area contributed by atoms with E-state index in [1.807, 2.05) is 36.5 Å². The maximum atomic E-state index is 11.8. The number of piperazine rings is 1. The van der Waals surface area contributed by atoms with Gasteiger partial charge in [-0.05, 0) is 36.8 Å². The van der Waals surface area contributed by atoms with Crippen LogP contribution in [0.15, 0.2) is 42.6 Å². The van der Waals surface area contributed by atoms with Crippen LogP contribution in [0.2, 0.25) is 5.02 Å². The van der Waals surface area contributed by atoms with Gasteiger partial charge >= 0.3 is 0 Å². The summed E-state index contributed by atoms with van der Waals surface area (Å²) >= 11 is 6.09. The zero-order valence-corrected chi connectivity index (χ0v) is 15.9. The Kier molecular flexibility index (Phi) is 6.34. The Morgan fingerprint density at radius 3 is 2.46 bits per heavy atom. The number of amides is 1. The number of aromatic nitrogens is 1. The van der Waals surface area contributed by atoms with Gasteiger partial charge in [0, 0.05) is 43.3 Å². The number of carbonyl (C=O) groups excluding carboxylic acids is 1. The number of hydrogen-bond acceptors (Lipinski definition) is 4. The number of carbonyl (C=O) groups is 1. The Bertz CT molecular complexity index is 727. The second-order valence-electron chi connectivity index (χ2n) is 6.51. The van der Waals surface area contributed by atoms with Crippen LogP contribution in [0.4, 0.5) is 17.2 Å². The number of halogens is 1. The fraction of sp³-hybridized carbons (Fsp3) is 0.400. The van der Waals surface area contributed by atoms with Crippen molar-refractivity contribution in [2.75, 3.05) is 41.3 Å². The molecular formula is C20H25ClN4O. The molecule has 1 N–H and O–H groups in total. The third kappa shape index (κ3) is 4.88. The molecule has 1 aromatic heterocycles. The third-order valence-electron chi connectivity index (χ3n) is 4.59. The largest absolute Gasteiger partial charge is 0.368 e. The summed E-state index contributed by atoms with van der Waals surface area (Å²) in [4.78, 5) is 20.8. The molecule has 6 heteroatoms. The summed E-state index contributed by atoms with van der Waals surface area (Å²) in [5, 5.41) is 3.62. The first-order valence-corrected chi connectivity index (χ1v) is 9.55. The van der Waals surface area contributed by atoms with Crippen molar-refractivity contribution < 1.29 is 4.79 Å². The van der Waals surface area contributed by atoms with Crippen LogP contribution in [-0.4, -0.2) is 37.1 Å². The number of nitrogens with zero attached hydrogens (tertiary/aromatic N) is 3. The number of unbranched alkanes of at least 4 members (excludes halogenated alkanes) is 1. The maximum absolute atomic E-state index is 11.8. The normalized spacial score (nSPS) is 14.4. The quantitative estimate of drug-likeness (QED) is 0.825. The molecule has 0 radical (unpaired) electrons. The van der Waals surface area contributed by atoms with Crippen LogP contribution in [0.5, 0.6) is 0 Å². The van der Waals surface area contributed by atoms with Crippen molar-refractivity contribution in [3.63, 3.8) is 0 Å². The van der Waals surface area contributed by atoms with Crippen molar-refractivity contribution in [3.05, 3.63) is 47.6 Å². The van der Waals surface area contributed by atoms with Gasteiger partial charge in [0.15, 0.2) is 0 Å². The van der Waals surface area contributed by atoms with E-state index in [1.165, 1.54) is 5.69 Å². The zero-order chi connectivity index (χ0) is 18.4. The smallest absolute Gasteiger partial charge is 0.225 e. The molecule has 1 fully saturated rings. The summed E-state index contributed by atoms with van der Waals surface area (Å²) in [6.45, 7) is 5.81. The number of hydrogen-bond donors (Lipinski definition) is 1. The second kappa shape index (κ2) is 8.90. The van der Waals surface area contributed by atoms with Crippen LogP contribution in [0.25, 0.3) is 0 Å². The van der Waals surface area contributed by atoms with E-state index in [1.54, 1.807) is 0 Å². The third-order valence-corrected chi connectivity index (χ3v) is 4.83. The molecule has 0 unspecified atom stereocenters. The van der Waals surface area contributed by atoms with Crippen LogP contribution < -0.4 is 15.1 Å². The average molecular weight is 373 g/mol.